The van der Waals surface area contributed by atoms with E-state index in [9.17, 15) is 4.79 Å². The fourth-order valence-electron chi connectivity index (χ4n) is 3.14. The second-order valence-electron chi connectivity index (χ2n) is 6.80. The normalized spacial score (nSPS) is 16.1. The lowest BCUT2D eigenvalue weighted by Crippen LogP contribution is -2.43. The summed E-state index contributed by atoms with van der Waals surface area (Å²) in [5.41, 5.74) is 1.23. The second-order valence-corrected chi connectivity index (χ2v) is 6.80. The van der Waals surface area contributed by atoms with Gasteiger partial charge in [-0.25, -0.2) is 0 Å². The first-order chi connectivity index (χ1) is 12.1. The van der Waals surface area contributed by atoms with Crippen LogP contribution in [0.2, 0.25) is 0 Å². The first-order valence-corrected chi connectivity index (χ1v) is 9.12. The molecule has 2 N–H and O–H groups in total. The molecule has 1 aromatic carbocycles. The van der Waals surface area contributed by atoms with Gasteiger partial charge in [0.25, 0.3) is 0 Å². The maximum Gasteiger partial charge on any atom is 0.236 e. The molecular weight excluding hydrogens is 314 g/mol. The summed E-state index contributed by atoms with van der Waals surface area (Å²) >= 11 is 0. The molecule has 6 heteroatoms. The Morgan fingerprint density at radius 1 is 1.20 bits per heavy atom. The Balaban J connectivity index is 1.46. The predicted molar refractivity (Wildman–Crippen MR) is 97.1 cm³/mol. The Labute approximate surface area is 149 Å². The van der Waals surface area contributed by atoms with E-state index in [0.29, 0.717) is 19.0 Å². The van der Waals surface area contributed by atoms with E-state index < -0.39 is 0 Å². The Morgan fingerprint density at radius 2 is 2.00 bits per heavy atom. The number of hydrogen-bond donors (Lipinski definition) is 2. The van der Waals surface area contributed by atoms with E-state index in [2.05, 4.69) is 44.5 Å². The van der Waals surface area contributed by atoms with Crippen LogP contribution in [-0.2, 0) is 24.3 Å². The molecule has 0 fully saturated rings. The minimum Gasteiger partial charge on any atom is -0.354 e. The lowest BCUT2D eigenvalue weighted by molar-refractivity contribution is -0.122. The third-order valence-corrected chi connectivity index (χ3v) is 4.85. The zero-order chi connectivity index (χ0) is 17.6. The highest BCUT2D eigenvalue weighted by atomic mass is 16.2. The molecule has 1 amide bonds. The number of fused-ring (bicyclic) bond motifs is 1. The van der Waals surface area contributed by atoms with Crippen LogP contribution in [0, 0.1) is 0 Å². The number of aryl methyl sites for hydroxylation is 1. The molecule has 0 aliphatic carbocycles. The first kappa shape index (κ1) is 17.6. The number of amides is 1. The number of aromatic nitrogens is 3. The van der Waals surface area contributed by atoms with Crippen LogP contribution < -0.4 is 10.6 Å². The number of nitrogens with zero attached hydrogens (tertiary/aromatic N) is 3. The summed E-state index contributed by atoms with van der Waals surface area (Å²) in [5, 5.41) is 14.8. The zero-order valence-corrected chi connectivity index (χ0v) is 15.0. The van der Waals surface area contributed by atoms with Crippen molar-refractivity contribution < 1.29 is 4.79 Å². The highest BCUT2D eigenvalue weighted by Crippen LogP contribution is 2.14. The van der Waals surface area contributed by atoms with E-state index in [-0.39, 0.29) is 11.9 Å². The minimum atomic E-state index is -0.264. The summed E-state index contributed by atoms with van der Waals surface area (Å²) in [6.07, 6.45) is 3.36. The first-order valence-electron chi connectivity index (χ1n) is 9.12. The van der Waals surface area contributed by atoms with Gasteiger partial charge in [-0.1, -0.05) is 37.3 Å². The monoisotopic (exact) mass is 341 g/mol. The van der Waals surface area contributed by atoms with Gasteiger partial charge in [-0.2, -0.15) is 0 Å². The molecular formula is C19H27N5O. The molecule has 0 radical (unpaired) electrons. The standard InChI is InChI=1S/C19H27N5O/c1-14(16-8-4-3-5-9-16)12-21-19(25)15(2)20-13-18-23-22-17-10-6-7-11-24(17)18/h3-5,8-9,14-15,20H,6-7,10-13H2,1-2H3,(H,21,25)/t14-,15-/m0/s1. The highest BCUT2D eigenvalue weighted by molar-refractivity contribution is 5.81. The van der Waals surface area contributed by atoms with Gasteiger partial charge in [-0.05, 0) is 31.2 Å². The summed E-state index contributed by atoms with van der Waals surface area (Å²) in [5.74, 6) is 2.30. The molecule has 25 heavy (non-hydrogen) atoms. The van der Waals surface area contributed by atoms with Crippen molar-refractivity contribution in [2.45, 2.75) is 58.2 Å². The molecule has 6 nitrogen and oxygen atoms in total. The Bertz CT molecular complexity index is 697. The number of rotatable bonds is 7. The van der Waals surface area contributed by atoms with Gasteiger partial charge in [0.05, 0.1) is 12.6 Å². The lowest BCUT2D eigenvalue weighted by Gasteiger charge is -2.18. The van der Waals surface area contributed by atoms with Gasteiger partial charge in [-0.15, -0.1) is 10.2 Å². The molecule has 1 aromatic heterocycles. The number of benzene rings is 1. The molecule has 134 valence electrons. The smallest absolute Gasteiger partial charge is 0.236 e. The van der Waals surface area contributed by atoms with E-state index in [4.69, 9.17) is 0 Å². The molecule has 0 bridgehead atoms. The quantitative estimate of drug-likeness (QED) is 0.808. The largest absolute Gasteiger partial charge is 0.354 e. The van der Waals surface area contributed by atoms with Crippen LogP contribution >= 0.6 is 0 Å². The summed E-state index contributed by atoms with van der Waals surface area (Å²) in [6, 6.07) is 9.97. The summed E-state index contributed by atoms with van der Waals surface area (Å²) < 4.78 is 2.18. The van der Waals surface area contributed by atoms with Crippen LogP contribution in [0.1, 0.15) is 49.8 Å². The van der Waals surface area contributed by atoms with Gasteiger partial charge in [-0.3, -0.25) is 10.1 Å². The van der Waals surface area contributed by atoms with Crippen molar-refractivity contribution in [3.05, 3.63) is 47.5 Å². The van der Waals surface area contributed by atoms with Crippen molar-refractivity contribution in [1.82, 2.24) is 25.4 Å². The van der Waals surface area contributed by atoms with Gasteiger partial charge in [0.15, 0.2) is 0 Å². The molecule has 2 heterocycles. The second kappa shape index (κ2) is 8.25. The number of hydrogen-bond acceptors (Lipinski definition) is 4. The summed E-state index contributed by atoms with van der Waals surface area (Å²) in [4.78, 5) is 12.3. The van der Waals surface area contributed by atoms with Crippen LogP contribution in [0.4, 0.5) is 0 Å². The number of carbonyl (C=O) groups excluding carboxylic acids is 1. The molecule has 3 rings (SSSR count). The minimum absolute atomic E-state index is 0.0150. The van der Waals surface area contributed by atoms with Crippen molar-refractivity contribution in [3.8, 4) is 0 Å². The van der Waals surface area contributed by atoms with Crippen molar-refractivity contribution in [3.63, 3.8) is 0 Å². The van der Waals surface area contributed by atoms with Crippen LogP contribution in [0.15, 0.2) is 30.3 Å². The van der Waals surface area contributed by atoms with Crippen molar-refractivity contribution in [2.75, 3.05) is 6.54 Å². The van der Waals surface area contributed by atoms with E-state index in [1.807, 2.05) is 25.1 Å². The third-order valence-electron chi connectivity index (χ3n) is 4.85. The fourth-order valence-corrected chi connectivity index (χ4v) is 3.14. The molecule has 0 unspecified atom stereocenters. The molecule has 0 spiro atoms. The molecule has 2 atom stereocenters. The van der Waals surface area contributed by atoms with E-state index in [0.717, 1.165) is 24.6 Å². The lowest BCUT2D eigenvalue weighted by atomic mass is 10.0. The summed E-state index contributed by atoms with van der Waals surface area (Å²) in [7, 11) is 0. The predicted octanol–water partition coefficient (Wildman–Crippen LogP) is 2.01. The van der Waals surface area contributed by atoms with E-state index >= 15 is 0 Å². The number of nitrogens with one attached hydrogen (secondary N) is 2. The van der Waals surface area contributed by atoms with Crippen LogP contribution in [-0.4, -0.2) is 33.3 Å². The van der Waals surface area contributed by atoms with Gasteiger partial charge in [0, 0.05) is 19.5 Å². The van der Waals surface area contributed by atoms with Crippen LogP contribution in [0.25, 0.3) is 0 Å². The summed E-state index contributed by atoms with van der Waals surface area (Å²) in [6.45, 7) is 6.19. The Morgan fingerprint density at radius 3 is 2.80 bits per heavy atom. The molecule has 1 aliphatic rings. The SMILES string of the molecule is C[C@H](NCc1nnc2n1CCCC2)C(=O)NC[C@H](C)c1ccccc1. The molecule has 1 aliphatic heterocycles. The van der Waals surface area contributed by atoms with Crippen molar-refractivity contribution in [2.24, 2.45) is 0 Å². The number of carbonyl (C=O) groups is 1. The zero-order valence-electron chi connectivity index (χ0n) is 15.0. The average Bonchev–Trinajstić information content (AvgIpc) is 3.07. The van der Waals surface area contributed by atoms with Crippen LogP contribution in [0.3, 0.4) is 0 Å². The molecule has 0 saturated carbocycles. The van der Waals surface area contributed by atoms with Gasteiger partial charge in [0.1, 0.15) is 11.6 Å². The van der Waals surface area contributed by atoms with Gasteiger partial charge >= 0.3 is 0 Å². The highest BCUT2D eigenvalue weighted by Gasteiger charge is 2.18. The molecule has 2 aromatic rings. The van der Waals surface area contributed by atoms with E-state index in [1.165, 1.54) is 18.4 Å². The molecule has 0 saturated heterocycles. The fraction of sp³-hybridized carbons (Fsp3) is 0.526. The third kappa shape index (κ3) is 4.45. The maximum absolute atomic E-state index is 12.3. The van der Waals surface area contributed by atoms with Crippen LogP contribution in [0.5, 0.6) is 0 Å². The maximum atomic E-state index is 12.3. The van der Waals surface area contributed by atoms with Crippen molar-refractivity contribution >= 4 is 5.91 Å². The van der Waals surface area contributed by atoms with Gasteiger partial charge < -0.3 is 9.88 Å². The Kier molecular flexibility index (Phi) is 5.81. The Hall–Kier alpha value is -2.21. The van der Waals surface area contributed by atoms with E-state index in [1.54, 1.807) is 0 Å². The van der Waals surface area contributed by atoms with Crippen molar-refractivity contribution in [1.29, 1.82) is 0 Å². The topological polar surface area (TPSA) is 71.8 Å². The van der Waals surface area contributed by atoms with Gasteiger partial charge in [0.2, 0.25) is 5.91 Å². The average molecular weight is 341 g/mol.